The van der Waals surface area contributed by atoms with Gasteiger partial charge in [0.15, 0.2) is 5.82 Å². The summed E-state index contributed by atoms with van der Waals surface area (Å²) in [5.41, 5.74) is 1.47. The molecule has 36 heavy (non-hydrogen) atoms. The minimum atomic E-state index is -4.61. The van der Waals surface area contributed by atoms with Crippen LogP contribution in [0, 0.1) is 6.92 Å². The molecule has 11 heteroatoms. The molecule has 2 atom stereocenters. The number of aryl methyl sites for hydroxylation is 2. The molecule has 7 nitrogen and oxygen atoms in total. The Morgan fingerprint density at radius 1 is 1.19 bits per heavy atom. The van der Waals surface area contributed by atoms with Crippen molar-refractivity contribution in [2.45, 2.75) is 50.7 Å². The number of rotatable bonds is 3. The smallest absolute Gasteiger partial charge is 0.363 e. The van der Waals surface area contributed by atoms with E-state index in [1.165, 1.54) is 0 Å². The predicted octanol–water partition coefficient (Wildman–Crippen LogP) is 5.05. The Labute approximate surface area is 211 Å². The largest absolute Gasteiger partial charge is 0.433 e. The molecule has 1 fully saturated rings. The lowest BCUT2D eigenvalue weighted by Gasteiger charge is -2.36. The fourth-order valence-electron chi connectivity index (χ4n) is 5.01. The van der Waals surface area contributed by atoms with E-state index in [4.69, 9.17) is 16.6 Å². The van der Waals surface area contributed by atoms with Gasteiger partial charge in [0.25, 0.3) is 0 Å². The van der Waals surface area contributed by atoms with Crippen molar-refractivity contribution in [3.05, 3.63) is 64.3 Å². The van der Waals surface area contributed by atoms with Crippen LogP contribution in [0.3, 0.4) is 0 Å². The van der Waals surface area contributed by atoms with Crippen molar-refractivity contribution in [3.63, 3.8) is 0 Å². The molecule has 188 valence electrons. The number of alkyl halides is 3. The van der Waals surface area contributed by atoms with Gasteiger partial charge >= 0.3 is 6.18 Å². The quantitative estimate of drug-likeness (QED) is 0.524. The number of pyridine rings is 2. The summed E-state index contributed by atoms with van der Waals surface area (Å²) in [6.07, 6.45) is 2.02. The SMILES string of the molecule is Cc1nc2c(cc1-c1ncccn1)CC[C@@]1(CCN(C(=O)C(C)c3cc(C(F)(F)F)ncc3Cl)C1)N2. The van der Waals surface area contributed by atoms with E-state index in [0.29, 0.717) is 25.3 Å². The summed E-state index contributed by atoms with van der Waals surface area (Å²) >= 11 is 6.13. The van der Waals surface area contributed by atoms with Gasteiger partial charge in [-0.3, -0.25) is 9.78 Å². The summed E-state index contributed by atoms with van der Waals surface area (Å²) in [6, 6.07) is 4.70. The Hall–Kier alpha value is -3.27. The van der Waals surface area contributed by atoms with Gasteiger partial charge in [0, 0.05) is 37.2 Å². The molecule has 1 spiro atoms. The van der Waals surface area contributed by atoms with E-state index in [-0.39, 0.29) is 22.0 Å². The van der Waals surface area contributed by atoms with Gasteiger partial charge < -0.3 is 10.2 Å². The minimum absolute atomic E-state index is 0.0420. The van der Waals surface area contributed by atoms with E-state index >= 15 is 0 Å². The Kier molecular flexibility index (Phi) is 6.10. The molecule has 5 heterocycles. The van der Waals surface area contributed by atoms with Crippen molar-refractivity contribution in [1.29, 1.82) is 0 Å². The monoisotopic (exact) mass is 516 g/mol. The maximum atomic E-state index is 13.3. The lowest BCUT2D eigenvalue weighted by Crippen LogP contribution is -2.46. The zero-order valence-electron chi connectivity index (χ0n) is 19.7. The molecule has 0 bridgehead atoms. The van der Waals surface area contributed by atoms with Crippen LogP contribution >= 0.6 is 11.6 Å². The second kappa shape index (κ2) is 8.99. The first kappa shape index (κ1) is 24.4. The van der Waals surface area contributed by atoms with Crippen molar-refractivity contribution in [1.82, 2.24) is 24.8 Å². The van der Waals surface area contributed by atoms with Crippen molar-refractivity contribution in [2.75, 3.05) is 18.4 Å². The van der Waals surface area contributed by atoms with Crippen molar-refractivity contribution in [2.24, 2.45) is 0 Å². The van der Waals surface area contributed by atoms with Crippen LogP contribution in [0.5, 0.6) is 0 Å². The van der Waals surface area contributed by atoms with Crippen LogP contribution in [0.2, 0.25) is 5.02 Å². The molecule has 0 saturated carbocycles. The van der Waals surface area contributed by atoms with Crippen molar-refractivity contribution in [3.8, 4) is 11.4 Å². The average molecular weight is 517 g/mol. The van der Waals surface area contributed by atoms with Crippen LogP contribution in [0.25, 0.3) is 11.4 Å². The van der Waals surface area contributed by atoms with Crippen LogP contribution in [-0.4, -0.2) is 49.4 Å². The molecule has 0 radical (unpaired) electrons. The number of aromatic nitrogens is 4. The third kappa shape index (κ3) is 4.50. The summed E-state index contributed by atoms with van der Waals surface area (Å²) in [5, 5.41) is 3.61. The van der Waals surface area contributed by atoms with Gasteiger partial charge in [-0.1, -0.05) is 11.6 Å². The fraction of sp³-hybridized carbons (Fsp3) is 0.400. The highest BCUT2D eigenvalue weighted by molar-refractivity contribution is 6.31. The zero-order chi connectivity index (χ0) is 25.7. The van der Waals surface area contributed by atoms with E-state index in [0.717, 1.165) is 47.7 Å². The number of likely N-dealkylation sites (tertiary alicyclic amines) is 1. The number of carbonyl (C=O) groups is 1. The maximum absolute atomic E-state index is 13.3. The van der Waals surface area contributed by atoms with E-state index < -0.39 is 17.8 Å². The highest BCUT2D eigenvalue weighted by atomic mass is 35.5. The molecule has 3 aromatic rings. The molecule has 1 saturated heterocycles. The molecule has 0 aliphatic carbocycles. The Bertz CT molecular complexity index is 1320. The molecule has 5 rings (SSSR count). The normalized spacial score (nSPS) is 20.2. The second-order valence-corrected chi connectivity index (χ2v) is 9.83. The van der Waals surface area contributed by atoms with E-state index in [1.807, 2.05) is 6.92 Å². The summed E-state index contributed by atoms with van der Waals surface area (Å²) in [7, 11) is 0. The lowest BCUT2D eigenvalue weighted by atomic mass is 9.86. The molecular weight excluding hydrogens is 493 g/mol. The Balaban J connectivity index is 1.33. The van der Waals surface area contributed by atoms with Gasteiger partial charge in [-0.05, 0) is 62.4 Å². The van der Waals surface area contributed by atoms with Gasteiger partial charge in [-0.25, -0.2) is 15.0 Å². The van der Waals surface area contributed by atoms with Crippen LogP contribution in [0.1, 0.15) is 48.2 Å². The van der Waals surface area contributed by atoms with E-state index in [1.54, 1.807) is 30.3 Å². The highest BCUT2D eigenvalue weighted by Crippen LogP contribution is 2.39. The minimum Gasteiger partial charge on any atom is -0.363 e. The number of amides is 1. The average Bonchev–Trinajstić information content (AvgIpc) is 3.26. The predicted molar refractivity (Wildman–Crippen MR) is 129 cm³/mol. The van der Waals surface area contributed by atoms with Crippen LogP contribution in [-0.2, 0) is 17.4 Å². The number of carbonyl (C=O) groups excluding carboxylic acids is 1. The number of halogens is 4. The first-order chi connectivity index (χ1) is 17.1. The highest BCUT2D eigenvalue weighted by Gasteiger charge is 2.44. The van der Waals surface area contributed by atoms with Gasteiger partial charge in [0.1, 0.15) is 11.5 Å². The summed E-state index contributed by atoms with van der Waals surface area (Å²) in [4.78, 5) is 31.8. The Morgan fingerprint density at radius 3 is 2.67 bits per heavy atom. The van der Waals surface area contributed by atoms with Crippen LogP contribution in [0.4, 0.5) is 19.0 Å². The molecule has 2 aliphatic heterocycles. The molecule has 3 aromatic heterocycles. The third-order valence-electron chi connectivity index (χ3n) is 7.03. The van der Waals surface area contributed by atoms with Gasteiger partial charge in [-0.2, -0.15) is 13.2 Å². The summed E-state index contributed by atoms with van der Waals surface area (Å²) < 4.78 is 39.5. The number of nitrogens with one attached hydrogen (secondary N) is 1. The van der Waals surface area contributed by atoms with E-state index in [2.05, 4.69) is 26.3 Å². The van der Waals surface area contributed by atoms with Crippen molar-refractivity contribution >= 4 is 23.3 Å². The van der Waals surface area contributed by atoms with Crippen LogP contribution in [0.15, 0.2) is 36.8 Å². The summed E-state index contributed by atoms with van der Waals surface area (Å²) in [5.74, 6) is 0.316. The number of nitrogens with zero attached hydrogens (tertiary/aromatic N) is 5. The number of hydrogen-bond acceptors (Lipinski definition) is 6. The van der Waals surface area contributed by atoms with Gasteiger partial charge in [-0.15, -0.1) is 0 Å². The Morgan fingerprint density at radius 2 is 1.94 bits per heavy atom. The van der Waals surface area contributed by atoms with E-state index in [9.17, 15) is 18.0 Å². The fourth-order valence-corrected chi connectivity index (χ4v) is 5.28. The number of anilines is 1. The maximum Gasteiger partial charge on any atom is 0.433 e. The number of hydrogen-bond donors (Lipinski definition) is 1. The molecule has 1 amide bonds. The van der Waals surface area contributed by atoms with Gasteiger partial charge in [0.05, 0.1) is 22.2 Å². The first-order valence-electron chi connectivity index (χ1n) is 11.6. The second-order valence-electron chi connectivity index (χ2n) is 9.43. The van der Waals surface area contributed by atoms with Crippen molar-refractivity contribution < 1.29 is 18.0 Å². The molecule has 2 aliphatic rings. The van der Waals surface area contributed by atoms with Crippen LogP contribution < -0.4 is 5.32 Å². The standard InChI is InChI=1S/C25H24ClF3N6O/c1-14(17-11-20(25(27,28)29)32-12-19(17)26)23(36)35-9-6-24(13-35)5-4-16-10-18(15(2)33-21(16)34-24)22-30-7-3-8-31-22/h3,7-8,10-12,14H,4-6,9,13H2,1-2H3,(H,33,34)/t14?,24-/m0/s1. The molecule has 1 unspecified atom stereocenters. The first-order valence-corrected chi connectivity index (χ1v) is 12.0. The molecular formula is C25H24ClF3N6O. The lowest BCUT2D eigenvalue weighted by molar-refractivity contribution is -0.141. The molecule has 0 aromatic carbocycles. The molecule has 1 N–H and O–H groups in total. The third-order valence-corrected chi connectivity index (χ3v) is 7.35. The summed E-state index contributed by atoms with van der Waals surface area (Å²) in [6.45, 7) is 4.43. The van der Waals surface area contributed by atoms with Gasteiger partial charge in [0.2, 0.25) is 5.91 Å². The topological polar surface area (TPSA) is 83.9 Å². The number of fused-ring (bicyclic) bond motifs is 1. The zero-order valence-corrected chi connectivity index (χ0v) is 20.5.